The van der Waals surface area contributed by atoms with Gasteiger partial charge in [0, 0.05) is 0 Å². The number of carbonyl (C=O) groups excluding carboxylic acids is 3. The highest BCUT2D eigenvalue weighted by atomic mass is 79.9. The molecule has 1 heterocycles. The number of imide groups is 1. The number of carbonyl (C=O) groups is 3. The largest absolute Gasteiger partial charge is 0.492 e. The molecule has 7 nitrogen and oxygen atoms in total. The maximum absolute atomic E-state index is 12.9. The summed E-state index contributed by atoms with van der Waals surface area (Å²) >= 11 is 4.30. The first kappa shape index (κ1) is 25.5. The molecule has 0 saturated carbocycles. The van der Waals surface area contributed by atoms with Crippen LogP contribution in [0, 0.1) is 0 Å². The van der Waals surface area contributed by atoms with E-state index in [1.165, 1.54) is 0 Å². The molecule has 0 spiro atoms. The number of esters is 1. The van der Waals surface area contributed by atoms with Gasteiger partial charge in [-0.15, -0.1) is 0 Å². The molecule has 0 aromatic heterocycles. The van der Waals surface area contributed by atoms with Crippen molar-refractivity contribution in [3.63, 3.8) is 0 Å². The number of nitrogens with zero attached hydrogens (tertiary/aromatic N) is 1. The molecule has 3 aromatic carbocycles. The zero-order valence-electron chi connectivity index (χ0n) is 19.3. The molecular formula is C27H22BrNO6S. The van der Waals surface area contributed by atoms with Crippen LogP contribution in [0.5, 0.6) is 17.2 Å². The minimum Gasteiger partial charge on any atom is -0.492 e. The molecule has 36 heavy (non-hydrogen) atoms. The molecule has 184 valence electrons. The Bertz CT molecular complexity index is 1300. The average Bonchev–Trinajstić information content (AvgIpc) is 3.14. The lowest BCUT2D eigenvalue weighted by Gasteiger charge is -2.14. The lowest BCUT2D eigenvalue weighted by molar-refractivity contribution is -0.123. The number of rotatable bonds is 9. The zero-order valence-corrected chi connectivity index (χ0v) is 21.7. The standard InChI is InChI=1S/C27H22BrNO6S/c1-2-33-22-16-18(15-21(28)24(22)35-26(31)19-9-5-3-6-10-19)17-23-25(30)29(27(32)36-23)13-14-34-20-11-7-4-8-12-20/h3-12,15-17H,2,13-14H2,1H3/b23-17-. The normalized spacial score (nSPS) is 14.3. The molecule has 0 aliphatic carbocycles. The second kappa shape index (κ2) is 11.9. The molecule has 0 atom stereocenters. The third-order valence-electron chi connectivity index (χ3n) is 5.03. The fourth-order valence-electron chi connectivity index (χ4n) is 3.37. The molecule has 0 bridgehead atoms. The van der Waals surface area contributed by atoms with Crippen molar-refractivity contribution in [2.75, 3.05) is 19.8 Å². The minimum absolute atomic E-state index is 0.138. The SMILES string of the molecule is CCOc1cc(/C=C2\SC(=O)N(CCOc3ccccc3)C2=O)cc(Br)c1OC(=O)c1ccccc1. The minimum atomic E-state index is -0.524. The number of halogens is 1. The van der Waals surface area contributed by atoms with Gasteiger partial charge in [-0.05, 0) is 82.7 Å². The quantitative estimate of drug-likeness (QED) is 0.173. The lowest BCUT2D eigenvalue weighted by atomic mass is 10.1. The number of hydrogen-bond donors (Lipinski definition) is 0. The van der Waals surface area contributed by atoms with Gasteiger partial charge in [-0.2, -0.15) is 0 Å². The molecule has 0 N–H and O–H groups in total. The van der Waals surface area contributed by atoms with Crippen LogP contribution in [-0.2, 0) is 4.79 Å². The smallest absolute Gasteiger partial charge is 0.343 e. The average molecular weight is 568 g/mol. The van der Waals surface area contributed by atoms with E-state index in [1.807, 2.05) is 43.3 Å². The molecule has 1 saturated heterocycles. The van der Waals surface area contributed by atoms with Crippen LogP contribution in [0.4, 0.5) is 4.79 Å². The van der Waals surface area contributed by atoms with E-state index < -0.39 is 11.9 Å². The van der Waals surface area contributed by atoms with Gasteiger partial charge in [-0.3, -0.25) is 14.5 Å². The summed E-state index contributed by atoms with van der Waals surface area (Å²) in [4.78, 5) is 39.3. The Morgan fingerprint density at radius 3 is 2.39 bits per heavy atom. The van der Waals surface area contributed by atoms with E-state index in [9.17, 15) is 14.4 Å². The highest BCUT2D eigenvalue weighted by molar-refractivity contribution is 9.10. The topological polar surface area (TPSA) is 82.1 Å². The molecule has 2 amide bonds. The van der Waals surface area contributed by atoms with Crippen molar-refractivity contribution >= 4 is 50.9 Å². The molecular weight excluding hydrogens is 546 g/mol. The van der Waals surface area contributed by atoms with E-state index >= 15 is 0 Å². The Kier molecular flexibility index (Phi) is 8.45. The highest BCUT2D eigenvalue weighted by Crippen LogP contribution is 2.39. The molecule has 1 aliphatic heterocycles. The Balaban J connectivity index is 1.50. The maximum atomic E-state index is 12.9. The van der Waals surface area contributed by atoms with Gasteiger partial charge in [0.05, 0.1) is 28.1 Å². The van der Waals surface area contributed by atoms with Gasteiger partial charge in [0.25, 0.3) is 11.1 Å². The molecule has 4 rings (SSSR count). The number of ether oxygens (including phenoxy) is 3. The number of amides is 2. The first-order chi connectivity index (χ1) is 17.5. The van der Waals surface area contributed by atoms with Crippen molar-refractivity contribution in [3.8, 4) is 17.2 Å². The van der Waals surface area contributed by atoms with Gasteiger partial charge in [-0.1, -0.05) is 36.4 Å². The Morgan fingerprint density at radius 2 is 1.69 bits per heavy atom. The predicted molar refractivity (Wildman–Crippen MR) is 141 cm³/mol. The van der Waals surface area contributed by atoms with Gasteiger partial charge in [0.1, 0.15) is 12.4 Å². The number of para-hydroxylation sites is 1. The number of benzene rings is 3. The van der Waals surface area contributed by atoms with E-state index in [-0.39, 0.29) is 29.0 Å². The summed E-state index contributed by atoms with van der Waals surface area (Å²) in [6, 6.07) is 21.2. The van der Waals surface area contributed by atoms with Crippen molar-refractivity contribution in [2.24, 2.45) is 0 Å². The van der Waals surface area contributed by atoms with Crippen molar-refractivity contribution in [2.45, 2.75) is 6.92 Å². The second-order valence-corrected chi connectivity index (χ2v) is 9.36. The van der Waals surface area contributed by atoms with Gasteiger partial charge < -0.3 is 14.2 Å². The summed E-state index contributed by atoms with van der Waals surface area (Å²) in [7, 11) is 0. The summed E-state index contributed by atoms with van der Waals surface area (Å²) in [5, 5.41) is -0.361. The van der Waals surface area contributed by atoms with Gasteiger partial charge in [0.15, 0.2) is 11.5 Å². The van der Waals surface area contributed by atoms with Crippen LogP contribution in [-0.4, -0.2) is 41.8 Å². The summed E-state index contributed by atoms with van der Waals surface area (Å²) in [6.07, 6.45) is 1.61. The zero-order chi connectivity index (χ0) is 25.5. The van der Waals surface area contributed by atoms with Gasteiger partial charge >= 0.3 is 5.97 Å². The Morgan fingerprint density at radius 1 is 1.00 bits per heavy atom. The number of thioether (sulfide) groups is 1. The predicted octanol–water partition coefficient (Wildman–Crippen LogP) is 6.18. The number of hydrogen-bond acceptors (Lipinski definition) is 7. The van der Waals surface area contributed by atoms with Gasteiger partial charge in [0.2, 0.25) is 0 Å². The van der Waals surface area contributed by atoms with E-state index in [2.05, 4.69) is 15.9 Å². The van der Waals surface area contributed by atoms with Gasteiger partial charge in [-0.25, -0.2) is 4.79 Å². The summed E-state index contributed by atoms with van der Waals surface area (Å²) < 4.78 is 17.4. The summed E-state index contributed by atoms with van der Waals surface area (Å²) in [5.41, 5.74) is 1.01. The molecule has 9 heteroatoms. The monoisotopic (exact) mass is 567 g/mol. The first-order valence-electron chi connectivity index (χ1n) is 11.1. The highest BCUT2D eigenvalue weighted by Gasteiger charge is 2.35. The van der Waals surface area contributed by atoms with Crippen LogP contribution in [0.25, 0.3) is 6.08 Å². The first-order valence-corrected chi connectivity index (χ1v) is 12.7. The van der Waals surface area contributed by atoms with Crippen molar-refractivity contribution < 1.29 is 28.6 Å². The maximum Gasteiger partial charge on any atom is 0.343 e. The van der Waals surface area contributed by atoms with Crippen molar-refractivity contribution in [1.82, 2.24) is 4.90 Å². The van der Waals surface area contributed by atoms with Crippen LogP contribution >= 0.6 is 27.7 Å². The van der Waals surface area contributed by atoms with E-state index in [4.69, 9.17) is 14.2 Å². The van der Waals surface area contributed by atoms with E-state index in [0.29, 0.717) is 33.7 Å². The third-order valence-corrected chi connectivity index (χ3v) is 6.53. The summed E-state index contributed by atoms with van der Waals surface area (Å²) in [6.45, 7) is 2.48. The van der Waals surface area contributed by atoms with E-state index in [1.54, 1.807) is 42.5 Å². The van der Waals surface area contributed by atoms with Crippen molar-refractivity contribution in [1.29, 1.82) is 0 Å². The van der Waals surface area contributed by atoms with Crippen LogP contribution < -0.4 is 14.2 Å². The molecule has 0 radical (unpaired) electrons. The van der Waals surface area contributed by atoms with E-state index in [0.717, 1.165) is 16.7 Å². The summed E-state index contributed by atoms with van der Waals surface area (Å²) in [5.74, 6) is 0.312. The molecule has 1 aliphatic rings. The second-order valence-electron chi connectivity index (χ2n) is 7.51. The third kappa shape index (κ3) is 6.16. The molecule has 3 aromatic rings. The molecule has 0 unspecified atom stereocenters. The van der Waals surface area contributed by atoms with Crippen molar-refractivity contribution in [3.05, 3.63) is 93.3 Å². The fraction of sp³-hybridized carbons (Fsp3) is 0.148. The fourth-order valence-corrected chi connectivity index (χ4v) is 4.78. The Labute approximate surface area is 221 Å². The van der Waals surface area contributed by atoms with Crippen LogP contribution in [0.3, 0.4) is 0 Å². The lowest BCUT2D eigenvalue weighted by Crippen LogP contribution is -2.32. The van der Waals surface area contributed by atoms with Crippen LogP contribution in [0.15, 0.2) is 82.2 Å². The van der Waals surface area contributed by atoms with Crippen LogP contribution in [0.1, 0.15) is 22.8 Å². The molecule has 1 fully saturated rings. The van der Waals surface area contributed by atoms with Crippen LogP contribution in [0.2, 0.25) is 0 Å². The Hall–Kier alpha value is -3.56.